The molecule has 0 unspecified atom stereocenters. The molecule has 5 rings (SSSR count). The molecule has 28 heavy (non-hydrogen) atoms. The molecule has 0 radical (unpaired) electrons. The van der Waals surface area contributed by atoms with Crippen LogP contribution in [0.15, 0.2) is 41.5 Å². The second kappa shape index (κ2) is 6.31. The van der Waals surface area contributed by atoms with Crippen LogP contribution in [0.2, 0.25) is 0 Å². The van der Waals surface area contributed by atoms with Crippen LogP contribution in [0.3, 0.4) is 0 Å². The lowest BCUT2D eigenvalue weighted by atomic mass is 9.79. The van der Waals surface area contributed by atoms with Crippen LogP contribution in [0.25, 0.3) is 10.9 Å². The molecule has 4 heterocycles. The topological polar surface area (TPSA) is 85.1 Å². The number of aromatic nitrogens is 3. The number of carbonyl (C=O) groups is 1. The monoisotopic (exact) mass is 377 g/mol. The molecule has 7 nitrogen and oxygen atoms in total. The Morgan fingerprint density at radius 2 is 1.96 bits per heavy atom. The van der Waals surface area contributed by atoms with Gasteiger partial charge in [-0.05, 0) is 32.0 Å². The van der Waals surface area contributed by atoms with Crippen LogP contribution in [-0.4, -0.2) is 57.3 Å². The predicted molar refractivity (Wildman–Crippen MR) is 106 cm³/mol. The van der Waals surface area contributed by atoms with E-state index in [1.807, 2.05) is 23.1 Å². The first-order chi connectivity index (χ1) is 13.6. The van der Waals surface area contributed by atoms with Crippen LogP contribution in [-0.2, 0) is 12.0 Å². The van der Waals surface area contributed by atoms with Crippen molar-refractivity contribution in [1.82, 2.24) is 24.8 Å². The van der Waals surface area contributed by atoms with Crippen LogP contribution in [0.5, 0.6) is 0 Å². The number of pyridine rings is 1. The average Bonchev–Trinajstić information content (AvgIpc) is 3.21. The van der Waals surface area contributed by atoms with Crippen LogP contribution in [0.1, 0.15) is 34.7 Å². The van der Waals surface area contributed by atoms with Crippen molar-refractivity contribution >= 4 is 16.8 Å². The molecule has 0 bridgehead atoms. The lowest BCUT2D eigenvalue weighted by Crippen LogP contribution is -2.55. The molecule has 0 atom stereocenters. The number of para-hydroxylation sites is 1. The lowest BCUT2D eigenvalue weighted by Gasteiger charge is -2.49. The van der Waals surface area contributed by atoms with Crippen molar-refractivity contribution in [3.8, 4) is 0 Å². The number of carbonyl (C=O) groups excluding carboxylic acids is 1. The molecule has 2 aliphatic heterocycles. The third kappa shape index (κ3) is 2.50. The highest BCUT2D eigenvalue weighted by molar-refractivity contribution is 5.94. The number of piperidine rings is 1. The Kier molecular flexibility index (Phi) is 3.87. The number of nitrogens with one attached hydrogen (secondary N) is 2. The van der Waals surface area contributed by atoms with Gasteiger partial charge >= 0.3 is 0 Å². The molecule has 1 spiro atoms. The first-order valence-electron chi connectivity index (χ1n) is 9.74. The number of imidazole rings is 1. The number of fused-ring (bicyclic) bond motifs is 3. The first kappa shape index (κ1) is 17.2. The molecule has 144 valence electrons. The maximum atomic E-state index is 13.1. The first-order valence-corrected chi connectivity index (χ1v) is 9.74. The number of likely N-dealkylation sites (N-methyl/N-ethyl adjacent to an activating group) is 1. The zero-order chi connectivity index (χ0) is 19.3. The van der Waals surface area contributed by atoms with Gasteiger partial charge in [-0.2, -0.15) is 0 Å². The minimum absolute atomic E-state index is 0.110. The summed E-state index contributed by atoms with van der Waals surface area (Å²) >= 11 is 0. The van der Waals surface area contributed by atoms with E-state index in [1.165, 1.54) is 11.8 Å². The number of likely N-dealkylation sites (tertiary alicyclic amines) is 1. The van der Waals surface area contributed by atoms with E-state index in [0.717, 1.165) is 31.5 Å². The fourth-order valence-corrected chi connectivity index (χ4v) is 4.77. The van der Waals surface area contributed by atoms with Crippen LogP contribution >= 0.6 is 0 Å². The normalized spacial score (nSPS) is 19.1. The van der Waals surface area contributed by atoms with E-state index < -0.39 is 0 Å². The number of rotatable bonds is 1. The molecule has 1 aromatic carbocycles. The van der Waals surface area contributed by atoms with Gasteiger partial charge in [0.1, 0.15) is 5.69 Å². The highest BCUT2D eigenvalue weighted by atomic mass is 16.2. The third-order valence-electron chi connectivity index (χ3n) is 6.43. The second-order valence-corrected chi connectivity index (χ2v) is 7.82. The maximum absolute atomic E-state index is 13.1. The quantitative estimate of drug-likeness (QED) is 0.678. The van der Waals surface area contributed by atoms with Crippen molar-refractivity contribution < 1.29 is 4.79 Å². The number of hydrogen-bond donors (Lipinski definition) is 2. The summed E-state index contributed by atoms with van der Waals surface area (Å²) < 4.78 is 0. The smallest absolute Gasteiger partial charge is 0.270 e. The zero-order valence-corrected chi connectivity index (χ0v) is 15.9. The number of hydrogen-bond acceptors (Lipinski definition) is 4. The van der Waals surface area contributed by atoms with Gasteiger partial charge in [-0.3, -0.25) is 14.5 Å². The molecule has 1 amide bonds. The summed E-state index contributed by atoms with van der Waals surface area (Å²) in [6.07, 6.45) is 4.44. The maximum Gasteiger partial charge on any atom is 0.270 e. The Bertz CT molecular complexity index is 1110. The standard InChI is InChI=1S/C21H23N5O2/c1-25-9-6-16-19(23-13-22-16)21(25)7-10-26(11-8-21)20(28)17-12-18(27)14-4-2-3-5-15(14)24-17/h2-5,12-13H,6-11H2,1H3,(H,22,23)(H,24,27). The summed E-state index contributed by atoms with van der Waals surface area (Å²) in [4.78, 5) is 40.7. The molecule has 7 heteroatoms. The van der Waals surface area contributed by atoms with Crippen molar-refractivity contribution in [3.05, 3.63) is 64.0 Å². The molecule has 0 aliphatic carbocycles. The van der Waals surface area contributed by atoms with Gasteiger partial charge in [-0.25, -0.2) is 4.98 Å². The molecule has 1 saturated heterocycles. The van der Waals surface area contributed by atoms with Crippen molar-refractivity contribution in [1.29, 1.82) is 0 Å². The van der Waals surface area contributed by atoms with Gasteiger partial charge in [0.15, 0.2) is 5.43 Å². The van der Waals surface area contributed by atoms with E-state index >= 15 is 0 Å². The summed E-state index contributed by atoms with van der Waals surface area (Å²) in [5.74, 6) is -0.113. The largest absolute Gasteiger partial charge is 0.350 e. The Labute approximate surface area is 162 Å². The molecule has 2 aromatic heterocycles. The summed E-state index contributed by atoms with van der Waals surface area (Å²) in [5, 5.41) is 0.603. The van der Waals surface area contributed by atoms with E-state index in [-0.39, 0.29) is 16.9 Å². The van der Waals surface area contributed by atoms with E-state index in [9.17, 15) is 9.59 Å². The van der Waals surface area contributed by atoms with E-state index in [4.69, 9.17) is 0 Å². The minimum Gasteiger partial charge on any atom is -0.350 e. The second-order valence-electron chi connectivity index (χ2n) is 7.82. The molecule has 1 fully saturated rings. The van der Waals surface area contributed by atoms with Gasteiger partial charge in [-0.15, -0.1) is 0 Å². The SMILES string of the molecule is CN1CCc2[nH]cnc2C12CCN(C(=O)c1cc(=O)c3ccccc3[nH]1)CC2. The number of amides is 1. The van der Waals surface area contributed by atoms with Crippen LogP contribution in [0.4, 0.5) is 0 Å². The summed E-state index contributed by atoms with van der Waals surface area (Å²) in [6, 6.07) is 8.71. The van der Waals surface area contributed by atoms with Gasteiger partial charge in [0.05, 0.1) is 17.6 Å². The van der Waals surface area contributed by atoms with E-state index in [1.54, 1.807) is 12.4 Å². The van der Waals surface area contributed by atoms with Gasteiger partial charge in [0.2, 0.25) is 0 Å². The van der Waals surface area contributed by atoms with Crippen molar-refractivity contribution in [2.45, 2.75) is 24.8 Å². The Balaban J connectivity index is 1.41. The van der Waals surface area contributed by atoms with E-state index in [2.05, 4.69) is 26.9 Å². The third-order valence-corrected chi connectivity index (χ3v) is 6.43. The van der Waals surface area contributed by atoms with E-state index in [0.29, 0.717) is 29.7 Å². The summed E-state index contributed by atoms with van der Waals surface area (Å²) in [6.45, 7) is 2.27. The van der Waals surface area contributed by atoms with Gasteiger partial charge in [0, 0.05) is 48.7 Å². The zero-order valence-electron chi connectivity index (χ0n) is 15.9. The van der Waals surface area contributed by atoms with Crippen molar-refractivity contribution in [2.75, 3.05) is 26.7 Å². The minimum atomic E-state index is -0.126. The number of H-pyrrole nitrogens is 2. The fourth-order valence-electron chi connectivity index (χ4n) is 4.77. The number of benzene rings is 1. The number of nitrogens with zero attached hydrogens (tertiary/aromatic N) is 3. The van der Waals surface area contributed by atoms with Crippen LogP contribution < -0.4 is 5.43 Å². The molecular formula is C21H23N5O2. The van der Waals surface area contributed by atoms with Crippen LogP contribution in [0, 0.1) is 0 Å². The highest BCUT2D eigenvalue weighted by Crippen LogP contribution is 2.41. The summed E-state index contributed by atoms with van der Waals surface area (Å²) in [7, 11) is 2.15. The average molecular weight is 377 g/mol. The fraction of sp³-hybridized carbons (Fsp3) is 0.381. The van der Waals surface area contributed by atoms with Gasteiger partial charge in [0.25, 0.3) is 5.91 Å². The Hall–Kier alpha value is -2.93. The highest BCUT2D eigenvalue weighted by Gasteiger charge is 2.45. The molecule has 3 aromatic rings. The molecule has 0 saturated carbocycles. The van der Waals surface area contributed by atoms with Crippen molar-refractivity contribution in [3.63, 3.8) is 0 Å². The van der Waals surface area contributed by atoms with Crippen molar-refractivity contribution in [2.24, 2.45) is 0 Å². The van der Waals surface area contributed by atoms with Gasteiger partial charge < -0.3 is 14.9 Å². The van der Waals surface area contributed by atoms with Gasteiger partial charge in [-0.1, -0.05) is 12.1 Å². The molecular weight excluding hydrogens is 354 g/mol. The molecule has 2 aliphatic rings. The Morgan fingerprint density at radius 1 is 1.18 bits per heavy atom. The lowest BCUT2D eigenvalue weighted by molar-refractivity contribution is 0.0223. The number of aromatic amines is 2. The summed E-state index contributed by atoms with van der Waals surface area (Å²) in [5.41, 5.74) is 3.17. The predicted octanol–water partition coefficient (Wildman–Crippen LogP) is 1.87. The molecule has 2 N–H and O–H groups in total. The Morgan fingerprint density at radius 3 is 2.79 bits per heavy atom.